The second-order valence-corrected chi connectivity index (χ2v) is 7.67. The highest BCUT2D eigenvalue weighted by molar-refractivity contribution is 6.32. The monoisotopic (exact) mass is 408 g/mol. The molecule has 4 nitrogen and oxygen atoms in total. The molecule has 1 aliphatic heterocycles. The van der Waals surface area contributed by atoms with E-state index in [1.54, 1.807) is 7.05 Å². The topological polar surface area (TPSA) is 31.4 Å². The molecule has 0 unspecified atom stereocenters. The maximum absolute atomic E-state index is 14.2. The first-order valence-corrected chi connectivity index (χ1v) is 9.42. The number of benzene rings is 1. The molecule has 0 atom stereocenters. The van der Waals surface area contributed by atoms with Crippen molar-refractivity contribution >= 4 is 28.8 Å². The van der Waals surface area contributed by atoms with Crippen molar-refractivity contribution in [2.45, 2.75) is 18.4 Å². The van der Waals surface area contributed by atoms with E-state index in [1.165, 1.54) is 12.1 Å². The number of hydrogen-bond acceptors (Lipinski definition) is 4. The second kappa shape index (κ2) is 6.88. The van der Waals surface area contributed by atoms with Crippen LogP contribution in [-0.2, 0) is 0 Å². The Morgan fingerprint density at radius 1 is 1.18 bits per heavy atom. The summed E-state index contributed by atoms with van der Waals surface area (Å²) in [6.45, 7) is 5.86. The highest BCUT2D eigenvalue weighted by Crippen LogP contribution is 2.49. The van der Waals surface area contributed by atoms with E-state index in [0.717, 1.165) is 25.1 Å². The number of aromatic nitrogens is 1. The molecule has 28 heavy (non-hydrogen) atoms. The van der Waals surface area contributed by atoms with Crippen LogP contribution in [0, 0.1) is 17.5 Å². The first-order chi connectivity index (χ1) is 13.3. The standard InChI is InChI=1S/C20H20ClF3N4/c1-12(18-15(21)7-13(22)9-17(18)25-2)28-6-5-27(11-20(28)3-4-20)19-16(24)8-14(23)10-26-19/h7-10,25H,1,3-6,11H2,2H3. The van der Waals surface area contributed by atoms with Gasteiger partial charge in [-0.3, -0.25) is 0 Å². The third-order valence-electron chi connectivity index (χ3n) is 5.51. The maximum Gasteiger partial charge on any atom is 0.168 e. The number of piperazine rings is 1. The Hall–Kier alpha value is -2.41. The summed E-state index contributed by atoms with van der Waals surface area (Å²) in [5.74, 6) is -1.62. The molecule has 2 aliphatic rings. The highest BCUT2D eigenvalue weighted by atomic mass is 35.5. The van der Waals surface area contributed by atoms with Gasteiger partial charge in [-0.25, -0.2) is 18.2 Å². The average molecular weight is 409 g/mol. The number of halogens is 4. The van der Waals surface area contributed by atoms with Crippen LogP contribution >= 0.6 is 11.6 Å². The fourth-order valence-corrected chi connectivity index (χ4v) is 4.31. The minimum atomic E-state index is -0.694. The van der Waals surface area contributed by atoms with Crippen LogP contribution in [0.4, 0.5) is 24.7 Å². The van der Waals surface area contributed by atoms with Crippen molar-refractivity contribution in [1.29, 1.82) is 0 Å². The smallest absolute Gasteiger partial charge is 0.168 e. The molecule has 0 bridgehead atoms. The van der Waals surface area contributed by atoms with Gasteiger partial charge in [-0.2, -0.15) is 0 Å². The molecule has 4 rings (SSSR count). The fourth-order valence-electron chi connectivity index (χ4n) is 3.99. The van der Waals surface area contributed by atoms with E-state index in [4.69, 9.17) is 11.6 Å². The van der Waals surface area contributed by atoms with Gasteiger partial charge in [0.15, 0.2) is 11.6 Å². The fraction of sp³-hybridized carbons (Fsp3) is 0.350. The van der Waals surface area contributed by atoms with Crippen LogP contribution in [0.5, 0.6) is 0 Å². The second-order valence-electron chi connectivity index (χ2n) is 7.26. The van der Waals surface area contributed by atoms with Crippen LogP contribution in [0.25, 0.3) is 5.70 Å². The van der Waals surface area contributed by atoms with Crippen molar-refractivity contribution in [2.75, 3.05) is 36.9 Å². The van der Waals surface area contributed by atoms with Gasteiger partial charge in [-0.15, -0.1) is 0 Å². The van der Waals surface area contributed by atoms with E-state index in [1.807, 2.05) is 4.90 Å². The minimum Gasteiger partial charge on any atom is -0.387 e. The van der Waals surface area contributed by atoms with Crippen LogP contribution in [0.15, 0.2) is 31.0 Å². The van der Waals surface area contributed by atoms with Crippen LogP contribution in [0.2, 0.25) is 5.02 Å². The van der Waals surface area contributed by atoms with Crippen molar-refractivity contribution < 1.29 is 13.2 Å². The van der Waals surface area contributed by atoms with Crippen molar-refractivity contribution in [3.05, 3.63) is 59.0 Å². The lowest BCUT2D eigenvalue weighted by Gasteiger charge is -2.45. The molecule has 8 heteroatoms. The predicted molar refractivity (Wildman–Crippen MR) is 105 cm³/mol. The molecule has 148 valence electrons. The van der Waals surface area contributed by atoms with Gasteiger partial charge in [0.2, 0.25) is 0 Å². The molecule has 2 fully saturated rings. The number of nitrogens with zero attached hydrogens (tertiary/aromatic N) is 3. The molecule has 0 amide bonds. The van der Waals surface area contributed by atoms with E-state index < -0.39 is 17.5 Å². The Morgan fingerprint density at radius 3 is 2.57 bits per heavy atom. The first kappa shape index (κ1) is 18.9. The quantitative estimate of drug-likeness (QED) is 0.806. The number of hydrogen-bond donors (Lipinski definition) is 1. The predicted octanol–water partition coefficient (Wildman–Crippen LogP) is 4.52. The van der Waals surface area contributed by atoms with Crippen LogP contribution in [0.1, 0.15) is 18.4 Å². The molecule has 1 N–H and O–H groups in total. The maximum atomic E-state index is 14.2. The SMILES string of the molecule is C=C(c1c(Cl)cc(F)cc1NC)N1CCN(c2ncc(F)cc2F)CC12CC2. The summed E-state index contributed by atoms with van der Waals surface area (Å²) in [7, 11) is 1.70. The summed E-state index contributed by atoms with van der Waals surface area (Å²) in [5.41, 5.74) is 1.73. The normalized spacial score (nSPS) is 17.8. The molecular weight excluding hydrogens is 389 g/mol. The van der Waals surface area contributed by atoms with E-state index in [-0.39, 0.29) is 11.4 Å². The van der Waals surface area contributed by atoms with Gasteiger partial charge in [0.1, 0.15) is 11.6 Å². The Bertz CT molecular complexity index is 945. The van der Waals surface area contributed by atoms with Crippen molar-refractivity contribution in [2.24, 2.45) is 0 Å². The molecule has 1 saturated carbocycles. The zero-order chi connectivity index (χ0) is 20.1. The van der Waals surface area contributed by atoms with Gasteiger partial charge >= 0.3 is 0 Å². The molecular formula is C20H20ClF3N4. The van der Waals surface area contributed by atoms with Crippen LogP contribution < -0.4 is 10.2 Å². The van der Waals surface area contributed by atoms with Crippen molar-refractivity contribution in [3.8, 4) is 0 Å². The van der Waals surface area contributed by atoms with Crippen molar-refractivity contribution in [1.82, 2.24) is 9.88 Å². The largest absolute Gasteiger partial charge is 0.387 e. The van der Waals surface area contributed by atoms with Gasteiger partial charge in [0, 0.05) is 49.7 Å². The van der Waals surface area contributed by atoms with Gasteiger partial charge in [0.25, 0.3) is 0 Å². The van der Waals surface area contributed by atoms with Gasteiger partial charge in [-0.05, 0) is 25.0 Å². The van der Waals surface area contributed by atoms with Gasteiger partial charge in [0.05, 0.1) is 16.8 Å². The number of nitrogens with one attached hydrogen (secondary N) is 1. The summed E-state index contributed by atoms with van der Waals surface area (Å²) in [5, 5.41) is 3.27. The number of anilines is 2. The lowest BCUT2D eigenvalue weighted by atomic mass is 10.0. The van der Waals surface area contributed by atoms with Crippen LogP contribution in [0.3, 0.4) is 0 Å². The lowest BCUT2D eigenvalue weighted by Crippen LogP contribution is -2.54. The Kier molecular flexibility index (Phi) is 4.65. The lowest BCUT2D eigenvalue weighted by molar-refractivity contribution is 0.243. The van der Waals surface area contributed by atoms with E-state index in [9.17, 15) is 13.2 Å². The van der Waals surface area contributed by atoms with Crippen molar-refractivity contribution in [3.63, 3.8) is 0 Å². The Balaban J connectivity index is 1.61. The summed E-state index contributed by atoms with van der Waals surface area (Å²) < 4.78 is 41.1. The zero-order valence-electron chi connectivity index (χ0n) is 15.4. The third-order valence-corrected chi connectivity index (χ3v) is 5.80. The summed E-state index contributed by atoms with van der Waals surface area (Å²) in [4.78, 5) is 7.95. The molecule has 1 aliphatic carbocycles. The summed E-state index contributed by atoms with van der Waals surface area (Å²) in [6, 6.07) is 3.52. The Morgan fingerprint density at radius 2 is 1.93 bits per heavy atom. The summed E-state index contributed by atoms with van der Waals surface area (Å²) >= 11 is 6.33. The molecule has 1 aromatic carbocycles. The number of pyridine rings is 1. The average Bonchev–Trinajstić information content (AvgIpc) is 3.39. The van der Waals surface area contributed by atoms with E-state index in [0.29, 0.717) is 41.6 Å². The summed E-state index contributed by atoms with van der Waals surface area (Å²) in [6.07, 6.45) is 2.86. The Labute approximate surface area is 166 Å². The zero-order valence-corrected chi connectivity index (χ0v) is 16.2. The molecule has 2 aromatic rings. The van der Waals surface area contributed by atoms with Gasteiger partial charge in [-0.1, -0.05) is 18.2 Å². The third kappa shape index (κ3) is 3.17. The first-order valence-electron chi connectivity index (χ1n) is 9.04. The molecule has 1 aromatic heterocycles. The van der Waals surface area contributed by atoms with E-state index >= 15 is 0 Å². The molecule has 1 spiro atoms. The minimum absolute atomic E-state index is 0.161. The number of rotatable bonds is 4. The van der Waals surface area contributed by atoms with Crippen LogP contribution in [-0.4, -0.2) is 42.1 Å². The van der Waals surface area contributed by atoms with E-state index in [2.05, 4.69) is 21.8 Å². The van der Waals surface area contributed by atoms with Gasteiger partial charge < -0.3 is 15.1 Å². The molecule has 0 radical (unpaired) electrons. The molecule has 1 saturated heterocycles. The molecule has 2 heterocycles. The highest BCUT2D eigenvalue weighted by Gasteiger charge is 2.52.